The van der Waals surface area contributed by atoms with Crippen LogP contribution in [0, 0.1) is 6.92 Å². The van der Waals surface area contributed by atoms with Crippen LogP contribution in [0.25, 0.3) is 11.3 Å². The predicted molar refractivity (Wildman–Crippen MR) is 139 cm³/mol. The minimum atomic E-state index is -0.121. The van der Waals surface area contributed by atoms with Crippen LogP contribution >= 0.6 is 11.3 Å². The van der Waals surface area contributed by atoms with Gasteiger partial charge in [-0.25, -0.2) is 4.98 Å². The molecule has 4 aromatic rings. The second-order valence-electron chi connectivity index (χ2n) is 8.85. The molecule has 0 aliphatic carbocycles. The van der Waals surface area contributed by atoms with Crippen molar-refractivity contribution >= 4 is 22.7 Å². The Hall–Kier alpha value is -3.62. The molecule has 178 valence electrons. The maximum absolute atomic E-state index is 12.5. The molecule has 8 heteroatoms. The molecule has 1 saturated heterocycles. The van der Waals surface area contributed by atoms with E-state index in [2.05, 4.69) is 37.7 Å². The van der Waals surface area contributed by atoms with Gasteiger partial charge in [-0.1, -0.05) is 12.1 Å². The molecule has 4 heterocycles. The van der Waals surface area contributed by atoms with Gasteiger partial charge in [-0.3, -0.25) is 4.79 Å². The SMILES string of the molecule is Cc1csc(CNc2ccc3c(c2)Cc2cccc(-c4cc(N5CCOCC5)cc(=O)[nH]4)c2O3)n1. The van der Waals surface area contributed by atoms with Gasteiger partial charge in [-0.15, -0.1) is 11.3 Å². The number of thiazole rings is 1. The summed E-state index contributed by atoms with van der Waals surface area (Å²) in [5.74, 6) is 1.64. The fraction of sp³-hybridized carbons (Fsp3) is 0.259. The first-order valence-electron chi connectivity index (χ1n) is 11.8. The van der Waals surface area contributed by atoms with E-state index in [4.69, 9.17) is 9.47 Å². The number of pyridine rings is 1. The van der Waals surface area contributed by atoms with Crippen molar-refractivity contribution in [1.29, 1.82) is 0 Å². The summed E-state index contributed by atoms with van der Waals surface area (Å²) in [6.45, 7) is 5.60. The van der Waals surface area contributed by atoms with E-state index in [1.54, 1.807) is 17.4 Å². The van der Waals surface area contributed by atoms with E-state index in [0.717, 1.165) is 75.5 Å². The van der Waals surface area contributed by atoms with Crippen LogP contribution in [0.1, 0.15) is 21.8 Å². The molecule has 2 aromatic heterocycles. The number of anilines is 2. The third-order valence-electron chi connectivity index (χ3n) is 6.36. The van der Waals surface area contributed by atoms with Gasteiger partial charge in [-0.05, 0) is 42.8 Å². The number of rotatable bonds is 5. The summed E-state index contributed by atoms with van der Waals surface area (Å²) in [5.41, 5.74) is 6.76. The number of ether oxygens (including phenoxy) is 2. The zero-order chi connectivity index (χ0) is 23.8. The number of morpholine rings is 1. The van der Waals surface area contributed by atoms with E-state index in [-0.39, 0.29) is 5.56 Å². The van der Waals surface area contributed by atoms with Crippen molar-refractivity contribution in [2.24, 2.45) is 0 Å². The van der Waals surface area contributed by atoms with Crippen LogP contribution in [-0.2, 0) is 17.7 Å². The van der Waals surface area contributed by atoms with Gasteiger partial charge in [0.2, 0.25) is 5.56 Å². The van der Waals surface area contributed by atoms with Crippen LogP contribution in [0.2, 0.25) is 0 Å². The lowest BCUT2D eigenvalue weighted by molar-refractivity contribution is 0.122. The lowest BCUT2D eigenvalue weighted by Crippen LogP contribution is -2.36. The van der Waals surface area contributed by atoms with E-state index < -0.39 is 0 Å². The molecule has 0 bridgehead atoms. The second-order valence-corrected chi connectivity index (χ2v) is 9.79. The molecular weight excluding hydrogens is 460 g/mol. The molecular formula is C27H26N4O3S. The van der Waals surface area contributed by atoms with Crippen molar-refractivity contribution in [3.8, 4) is 22.8 Å². The molecule has 0 saturated carbocycles. The Morgan fingerprint density at radius 2 is 2.00 bits per heavy atom. The molecule has 2 aliphatic heterocycles. The maximum Gasteiger partial charge on any atom is 0.250 e. The summed E-state index contributed by atoms with van der Waals surface area (Å²) in [5, 5.41) is 6.60. The fourth-order valence-electron chi connectivity index (χ4n) is 4.64. The smallest absolute Gasteiger partial charge is 0.250 e. The Balaban J connectivity index is 1.27. The number of aromatic amines is 1. The number of aromatic nitrogens is 2. The van der Waals surface area contributed by atoms with Crippen molar-refractivity contribution in [3.05, 3.63) is 86.1 Å². The van der Waals surface area contributed by atoms with E-state index in [1.165, 1.54) is 0 Å². The van der Waals surface area contributed by atoms with E-state index >= 15 is 0 Å². The summed E-state index contributed by atoms with van der Waals surface area (Å²) >= 11 is 1.67. The Labute approximate surface area is 207 Å². The van der Waals surface area contributed by atoms with Crippen LogP contribution in [0.4, 0.5) is 11.4 Å². The van der Waals surface area contributed by atoms with Crippen LogP contribution in [0.5, 0.6) is 11.5 Å². The topological polar surface area (TPSA) is 79.5 Å². The molecule has 2 aromatic carbocycles. The van der Waals surface area contributed by atoms with Crippen molar-refractivity contribution in [2.45, 2.75) is 19.9 Å². The number of H-pyrrole nitrogens is 1. The third kappa shape index (κ3) is 4.54. The van der Waals surface area contributed by atoms with Gasteiger partial charge in [0.15, 0.2) is 0 Å². The molecule has 35 heavy (non-hydrogen) atoms. The lowest BCUT2D eigenvalue weighted by atomic mass is 9.96. The third-order valence-corrected chi connectivity index (χ3v) is 7.32. The highest BCUT2D eigenvalue weighted by atomic mass is 32.1. The van der Waals surface area contributed by atoms with Gasteiger partial charge < -0.3 is 24.7 Å². The summed E-state index contributed by atoms with van der Waals surface area (Å²) < 4.78 is 11.9. The number of hydrogen-bond donors (Lipinski definition) is 2. The first kappa shape index (κ1) is 21.9. The highest BCUT2D eigenvalue weighted by Crippen LogP contribution is 2.43. The minimum absolute atomic E-state index is 0.121. The highest BCUT2D eigenvalue weighted by Gasteiger charge is 2.22. The van der Waals surface area contributed by atoms with Gasteiger partial charge in [-0.2, -0.15) is 0 Å². The average molecular weight is 487 g/mol. The first-order chi connectivity index (χ1) is 17.1. The number of hydrogen-bond acceptors (Lipinski definition) is 7. The number of para-hydroxylation sites is 1. The van der Waals surface area contributed by atoms with E-state index in [9.17, 15) is 4.79 Å². The molecule has 0 atom stereocenters. The summed E-state index contributed by atoms with van der Waals surface area (Å²) in [4.78, 5) is 22.3. The number of aryl methyl sites for hydroxylation is 1. The fourth-order valence-corrected chi connectivity index (χ4v) is 5.35. The maximum atomic E-state index is 12.5. The zero-order valence-electron chi connectivity index (χ0n) is 19.5. The van der Waals surface area contributed by atoms with Crippen LogP contribution in [0.3, 0.4) is 0 Å². The summed E-state index contributed by atoms with van der Waals surface area (Å²) in [6.07, 6.45) is 0.762. The Morgan fingerprint density at radius 3 is 2.83 bits per heavy atom. The highest BCUT2D eigenvalue weighted by molar-refractivity contribution is 7.09. The predicted octanol–water partition coefficient (Wildman–Crippen LogP) is 4.95. The van der Waals surface area contributed by atoms with Gasteiger partial charge in [0.05, 0.1) is 25.5 Å². The molecule has 6 rings (SSSR count). The minimum Gasteiger partial charge on any atom is -0.456 e. The number of fused-ring (bicyclic) bond motifs is 2. The van der Waals surface area contributed by atoms with Gasteiger partial charge in [0.25, 0.3) is 0 Å². The molecule has 2 N–H and O–H groups in total. The molecule has 0 spiro atoms. The summed E-state index contributed by atoms with van der Waals surface area (Å²) in [6, 6.07) is 16.0. The Morgan fingerprint density at radius 1 is 1.11 bits per heavy atom. The zero-order valence-corrected chi connectivity index (χ0v) is 20.3. The molecule has 1 fully saturated rings. The molecule has 2 aliphatic rings. The van der Waals surface area contributed by atoms with Crippen LogP contribution < -0.4 is 20.5 Å². The van der Waals surface area contributed by atoms with E-state index in [1.807, 2.05) is 37.3 Å². The largest absolute Gasteiger partial charge is 0.456 e. The number of nitrogens with one attached hydrogen (secondary N) is 2. The monoisotopic (exact) mass is 486 g/mol. The van der Waals surface area contributed by atoms with Crippen molar-refractivity contribution in [1.82, 2.24) is 9.97 Å². The van der Waals surface area contributed by atoms with Crippen molar-refractivity contribution < 1.29 is 9.47 Å². The molecule has 0 unspecified atom stereocenters. The van der Waals surface area contributed by atoms with Crippen molar-refractivity contribution in [3.63, 3.8) is 0 Å². The van der Waals surface area contributed by atoms with Gasteiger partial charge >= 0.3 is 0 Å². The van der Waals surface area contributed by atoms with Gasteiger partial charge in [0, 0.05) is 59.2 Å². The second kappa shape index (κ2) is 9.20. The molecule has 0 radical (unpaired) electrons. The van der Waals surface area contributed by atoms with E-state index in [0.29, 0.717) is 19.8 Å². The Bertz CT molecular complexity index is 1440. The lowest BCUT2D eigenvalue weighted by Gasteiger charge is -2.29. The first-order valence-corrected chi connectivity index (χ1v) is 12.7. The Kier molecular flexibility index (Phi) is 5.75. The van der Waals surface area contributed by atoms with Gasteiger partial charge in [0.1, 0.15) is 16.5 Å². The van der Waals surface area contributed by atoms with Crippen LogP contribution in [-0.4, -0.2) is 36.3 Å². The molecule has 7 nitrogen and oxygen atoms in total. The van der Waals surface area contributed by atoms with Crippen LogP contribution in [0.15, 0.2) is 58.7 Å². The number of nitrogens with zero attached hydrogens (tertiary/aromatic N) is 2. The molecule has 0 amide bonds. The normalized spacial score (nSPS) is 14.7. The average Bonchev–Trinajstić information content (AvgIpc) is 3.31. The number of benzene rings is 2. The quantitative estimate of drug-likeness (QED) is 0.366. The summed E-state index contributed by atoms with van der Waals surface area (Å²) in [7, 11) is 0. The standard InChI is InChI=1S/C27H26N4O3S/c1-17-16-35-26(29-17)15-28-20-5-6-24-19(12-20)11-18-3-2-4-22(27(18)34-24)23-13-21(14-25(32)30-23)31-7-9-33-10-8-31/h2-6,12-14,16,28H,7-11,15H2,1H3,(H,30,32). The van der Waals surface area contributed by atoms with Crippen molar-refractivity contribution in [2.75, 3.05) is 36.5 Å².